The topological polar surface area (TPSA) is 87.6 Å². The highest BCUT2D eigenvalue weighted by Gasteiger charge is 2.42. The average molecular weight is 353 g/mol. The quantitative estimate of drug-likeness (QED) is 0.857. The van der Waals surface area contributed by atoms with Crippen LogP contribution in [0.15, 0.2) is 29.3 Å². The number of nitrogens with zero attached hydrogens (tertiary/aromatic N) is 1. The number of benzene rings is 1. The summed E-state index contributed by atoms with van der Waals surface area (Å²) >= 11 is 1.47. The van der Waals surface area contributed by atoms with Crippen LogP contribution in [0.25, 0.3) is 0 Å². The second-order valence-electron chi connectivity index (χ2n) is 5.70. The summed E-state index contributed by atoms with van der Waals surface area (Å²) in [6, 6.07) is 7.07. The Bertz CT molecular complexity index is 746. The first-order valence-electron chi connectivity index (χ1n) is 7.57. The van der Waals surface area contributed by atoms with Gasteiger partial charge < -0.3 is 10.6 Å². The zero-order valence-electron chi connectivity index (χ0n) is 12.8. The Kier molecular flexibility index (Phi) is 4.63. The molecule has 1 amide bonds. The second kappa shape index (κ2) is 6.52. The normalized spacial score (nSPS) is 24.8. The molecule has 2 atom stereocenters. The highest BCUT2D eigenvalue weighted by Crippen LogP contribution is 2.34. The summed E-state index contributed by atoms with van der Waals surface area (Å²) in [4.78, 5) is 16.4. The van der Waals surface area contributed by atoms with Gasteiger partial charge in [-0.05, 0) is 24.6 Å². The van der Waals surface area contributed by atoms with Gasteiger partial charge in [0, 0.05) is 23.0 Å². The summed E-state index contributed by atoms with van der Waals surface area (Å²) < 4.78 is 23.1. The Hall–Kier alpha value is -1.54. The fourth-order valence-corrected chi connectivity index (χ4v) is 6.29. The summed E-state index contributed by atoms with van der Waals surface area (Å²) in [6.45, 7) is 2.65. The Labute approximate surface area is 140 Å². The largest absolute Gasteiger partial charge is 0.352 e. The van der Waals surface area contributed by atoms with Crippen molar-refractivity contribution in [1.29, 1.82) is 0 Å². The van der Waals surface area contributed by atoms with Crippen LogP contribution in [0.5, 0.6) is 0 Å². The molecule has 0 aliphatic carbocycles. The average Bonchev–Trinajstić information content (AvgIpc) is 2.97. The first-order valence-corrected chi connectivity index (χ1v) is 10.3. The Balaban J connectivity index is 1.66. The minimum absolute atomic E-state index is 0.0125. The Morgan fingerprint density at radius 1 is 1.39 bits per heavy atom. The second-order valence-corrected chi connectivity index (χ2v) is 9.08. The third-order valence-corrected chi connectivity index (χ3v) is 6.87. The van der Waals surface area contributed by atoms with Crippen LogP contribution in [-0.4, -0.2) is 48.8 Å². The van der Waals surface area contributed by atoms with Crippen LogP contribution in [0.2, 0.25) is 0 Å². The van der Waals surface area contributed by atoms with Crippen LogP contribution < -0.4 is 10.6 Å². The summed E-state index contributed by atoms with van der Waals surface area (Å²) in [5, 5.41) is 6.76. The molecular formula is C15H19N3O3S2. The molecule has 0 spiro atoms. The molecule has 0 bridgehead atoms. The maximum absolute atomic E-state index is 12.0. The van der Waals surface area contributed by atoms with Crippen LogP contribution in [0.1, 0.15) is 23.7 Å². The molecule has 23 heavy (non-hydrogen) atoms. The third kappa shape index (κ3) is 3.87. The van der Waals surface area contributed by atoms with Gasteiger partial charge in [-0.15, -0.1) is 0 Å². The van der Waals surface area contributed by atoms with Crippen LogP contribution in [0.4, 0.5) is 5.69 Å². The van der Waals surface area contributed by atoms with Crippen LogP contribution in [-0.2, 0) is 9.84 Å². The number of rotatable bonds is 4. The van der Waals surface area contributed by atoms with Crippen LogP contribution in [0.3, 0.4) is 0 Å². The Morgan fingerprint density at radius 2 is 2.22 bits per heavy atom. The number of carbonyl (C=O) groups excluding carboxylic acids is 1. The van der Waals surface area contributed by atoms with Crippen molar-refractivity contribution in [2.75, 3.05) is 23.4 Å². The minimum Gasteiger partial charge on any atom is -0.352 e. The molecular weight excluding hydrogens is 334 g/mol. The molecule has 2 N–H and O–H groups in total. The standard InChI is InChI=1S/C15H19N3O3S2/c1-2-6-16-14(19)10-4-3-5-11(7-10)17-15-18-12-8-23(20,21)9-13(12)22-15/h3-5,7,12-13H,2,6,8-9H2,1H3,(H,16,19)(H,17,18). The maximum Gasteiger partial charge on any atom is 0.251 e. The van der Waals surface area contributed by atoms with Gasteiger partial charge in [0.2, 0.25) is 0 Å². The first kappa shape index (κ1) is 16.3. The van der Waals surface area contributed by atoms with E-state index in [9.17, 15) is 13.2 Å². The van der Waals surface area contributed by atoms with E-state index < -0.39 is 9.84 Å². The van der Waals surface area contributed by atoms with Crippen LogP contribution >= 0.6 is 11.8 Å². The molecule has 124 valence electrons. The predicted octanol–water partition coefficient (Wildman–Crippen LogP) is 1.51. The van der Waals surface area contributed by atoms with Crippen molar-refractivity contribution in [3.8, 4) is 0 Å². The SMILES string of the molecule is CCCNC(=O)c1cccc(NC2=NC3CS(=O)(=O)CC3S2)c1. The maximum atomic E-state index is 12.0. The molecule has 2 unspecified atom stereocenters. The van der Waals surface area contributed by atoms with Gasteiger partial charge in [-0.25, -0.2) is 8.42 Å². The number of anilines is 1. The van der Waals surface area contributed by atoms with Gasteiger partial charge in [-0.2, -0.15) is 0 Å². The van der Waals surface area contributed by atoms with Crippen molar-refractivity contribution < 1.29 is 13.2 Å². The minimum atomic E-state index is -2.94. The zero-order chi connectivity index (χ0) is 16.4. The van der Waals surface area contributed by atoms with E-state index in [0.29, 0.717) is 12.1 Å². The van der Waals surface area contributed by atoms with Gasteiger partial charge in [0.05, 0.1) is 17.5 Å². The van der Waals surface area contributed by atoms with Crippen molar-refractivity contribution in [3.63, 3.8) is 0 Å². The summed E-state index contributed by atoms with van der Waals surface area (Å²) in [7, 11) is -2.94. The number of sulfone groups is 1. The number of hydrogen-bond acceptors (Lipinski definition) is 6. The lowest BCUT2D eigenvalue weighted by Crippen LogP contribution is -2.24. The van der Waals surface area contributed by atoms with E-state index in [0.717, 1.165) is 17.3 Å². The van der Waals surface area contributed by atoms with Crippen molar-refractivity contribution in [2.45, 2.75) is 24.6 Å². The molecule has 1 saturated heterocycles. The molecule has 0 saturated carbocycles. The summed E-state index contributed by atoms with van der Waals surface area (Å²) in [6.07, 6.45) is 0.892. The van der Waals surface area contributed by atoms with E-state index in [-0.39, 0.29) is 28.7 Å². The number of fused-ring (bicyclic) bond motifs is 1. The number of amides is 1. The molecule has 1 aromatic carbocycles. The zero-order valence-corrected chi connectivity index (χ0v) is 14.4. The Morgan fingerprint density at radius 3 is 2.96 bits per heavy atom. The molecule has 1 aromatic rings. The lowest BCUT2D eigenvalue weighted by atomic mass is 10.2. The number of carbonyl (C=O) groups is 1. The van der Waals surface area contributed by atoms with Crippen molar-refractivity contribution in [2.24, 2.45) is 4.99 Å². The van der Waals surface area contributed by atoms with E-state index in [1.54, 1.807) is 12.1 Å². The predicted molar refractivity (Wildman–Crippen MR) is 93.9 cm³/mol. The van der Waals surface area contributed by atoms with Crippen molar-refractivity contribution in [1.82, 2.24) is 5.32 Å². The van der Waals surface area contributed by atoms with E-state index >= 15 is 0 Å². The summed E-state index contributed by atoms with van der Waals surface area (Å²) in [5.74, 6) is 0.227. The third-order valence-electron chi connectivity index (χ3n) is 3.73. The molecule has 1 fully saturated rings. The molecule has 0 radical (unpaired) electrons. The number of amidine groups is 1. The number of aliphatic imine (C=N–C) groups is 1. The van der Waals surface area contributed by atoms with Gasteiger partial charge in [-0.3, -0.25) is 9.79 Å². The first-order chi connectivity index (χ1) is 11.0. The van der Waals surface area contributed by atoms with Gasteiger partial charge in [0.25, 0.3) is 5.91 Å². The van der Waals surface area contributed by atoms with Crippen LogP contribution in [0, 0.1) is 0 Å². The fraction of sp³-hybridized carbons (Fsp3) is 0.467. The monoisotopic (exact) mass is 353 g/mol. The lowest BCUT2D eigenvalue weighted by molar-refractivity contribution is 0.0953. The molecule has 8 heteroatoms. The molecule has 2 heterocycles. The van der Waals surface area contributed by atoms with Crippen molar-refractivity contribution in [3.05, 3.63) is 29.8 Å². The molecule has 3 rings (SSSR count). The molecule has 2 aliphatic heterocycles. The highest BCUT2D eigenvalue weighted by molar-refractivity contribution is 8.15. The molecule has 0 aromatic heterocycles. The highest BCUT2D eigenvalue weighted by atomic mass is 32.2. The van der Waals surface area contributed by atoms with Gasteiger partial charge >= 0.3 is 0 Å². The number of hydrogen-bond donors (Lipinski definition) is 2. The molecule has 6 nitrogen and oxygen atoms in total. The van der Waals surface area contributed by atoms with E-state index in [2.05, 4.69) is 15.6 Å². The van der Waals surface area contributed by atoms with Gasteiger partial charge in [-0.1, -0.05) is 24.8 Å². The number of thioether (sulfide) groups is 1. The summed E-state index contributed by atoms with van der Waals surface area (Å²) in [5.41, 5.74) is 1.37. The fourth-order valence-electron chi connectivity index (χ4n) is 2.62. The van der Waals surface area contributed by atoms with Crippen molar-refractivity contribution >= 4 is 38.4 Å². The van der Waals surface area contributed by atoms with Gasteiger partial charge in [0.15, 0.2) is 15.0 Å². The number of nitrogens with one attached hydrogen (secondary N) is 2. The van der Waals surface area contributed by atoms with E-state index in [1.807, 2.05) is 19.1 Å². The molecule has 2 aliphatic rings. The van der Waals surface area contributed by atoms with E-state index in [1.165, 1.54) is 11.8 Å². The lowest BCUT2D eigenvalue weighted by Gasteiger charge is -2.09. The smallest absolute Gasteiger partial charge is 0.251 e. The van der Waals surface area contributed by atoms with Gasteiger partial charge in [0.1, 0.15) is 0 Å². The van der Waals surface area contributed by atoms with E-state index in [4.69, 9.17) is 0 Å².